The van der Waals surface area contributed by atoms with Gasteiger partial charge in [-0.25, -0.2) is 32.9 Å². The average molecular weight is 1710 g/mol. The molecule has 27 nitrogen and oxygen atoms in total. The summed E-state index contributed by atoms with van der Waals surface area (Å²) < 4.78 is 267. The van der Waals surface area contributed by atoms with Crippen LogP contribution in [0.1, 0.15) is 127 Å². The van der Waals surface area contributed by atoms with Gasteiger partial charge in [0.05, 0.1) is 53.5 Å². The molecule has 5 aromatic rings. The number of rotatable bonds is 17. The number of aromatic nitrogens is 6. The minimum Gasteiger partial charge on any atom is -0.477 e. The van der Waals surface area contributed by atoms with Crippen molar-refractivity contribution >= 4 is 112 Å². The van der Waals surface area contributed by atoms with Gasteiger partial charge in [-0.2, -0.15) is 114 Å². The van der Waals surface area contributed by atoms with Crippen LogP contribution in [0.5, 0.6) is 11.8 Å². The van der Waals surface area contributed by atoms with E-state index >= 15 is 0 Å². The minimum atomic E-state index is -5.84. The number of hydrogen-bond donors (Lipinski definition) is 6. The largest absolute Gasteiger partial charge is 0.522 e. The molecule has 0 spiro atoms. The Morgan fingerprint density at radius 2 is 1.05 bits per heavy atom. The Hall–Kier alpha value is -6.07. The summed E-state index contributed by atoms with van der Waals surface area (Å²) in [6.07, 6.45) is 17.0. The van der Waals surface area contributed by atoms with Gasteiger partial charge in [-0.3, -0.25) is 23.2 Å². The van der Waals surface area contributed by atoms with E-state index in [4.69, 9.17) is 60.0 Å². The molecule has 3 aliphatic carbocycles. The topological polar surface area (TPSA) is 387 Å². The summed E-state index contributed by atoms with van der Waals surface area (Å²) in [7, 11) is -25.6. The summed E-state index contributed by atoms with van der Waals surface area (Å²) in [6, 6.07) is 16.0. The number of benzene rings is 1. The van der Waals surface area contributed by atoms with Gasteiger partial charge in [-0.05, 0) is 138 Å². The van der Waals surface area contributed by atoms with E-state index in [2.05, 4.69) is 82.3 Å². The van der Waals surface area contributed by atoms with E-state index in [9.17, 15) is 74.7 Å². The molecule has 6 N–H and O–H groups in total. The molecular weight excluding hydrogens is 1630 g/mol. The fraction of sp³-hybridized carbons (Fsp3) is 0.492. The Kier molecular flexibility index (Phi) is 33.6. The molecule has 106 heavy (non-hydrogen) atoms. The molecule has 47 heteroatoms. The van der Waals surface area contributed by atoms with Crippen LogP contribution in [0.3, 0.4) is 0 Å². The van der Waals surface area contributed by atoms with Crippen molar-refractivity contribution in [2.75, 3.05) is 36.1 Å². The summed E-state index contributed by atoms with van der Waals surface area (Å²) in [6.45, 7) is 19.3. The van der Waals surface area contributed by atoms with E-state index in [1.807, 2.05) is 23.6 Å². The fourth-order valence-corrected chi connectivity index (χ4v) is 12.0. The number of nitrogens with zero attached hydrogens (tertiary/aromatic N) is 7. The SMILES string of the molecule is CC1(CCOc2cc(F)[nH]n2)CC1.C[C@@H]1CN(c2nc(-n3nc(OCCC4(C)CC4)cc3F)ccc2C(=O)NS(=O)(=O)c2ccccc2)C(C)(C)C1.C[C@@H]1CN(c2nc(Cl)ccc2C(=O)NS(=O)(=O)C2=CC=[C+]C=C2)C(C)(C)C1.O=S(=O)(O)C(F)(F)F.O=S(=O)(O)C(F)(F)F.O=S(=O)(O)C(F)(F)F.S.S.[Sc]. The van der Waals surface area contributed by atoms with E-state index in [1.165, 1.54) is 98.5 Å². The molecule has 2 amide bonds. The molecule has 6 heterocycles. The van der Waals surface area contributed by atoms with Crippen LogP contribution in [0.2, 0.25) is 5.15 Å². The molecule has 591 valence electrons. The number of nitrogens with one attached hydrogen (secondary N) is 3. The normalized spacial score (nSPS) is 18.0. The summed E-state index contributed by atoms with van der Waals surface area (Å²) >= 11 is 6.07. The molecule has 4 fully saturated rings. The second kappa shape index (κ2) is 37.1. The van der Waals surface area contributed by atoms with Crippen LogP contribution in [0.4, 0.5) is 59.9 Å². The molecule has 10 rings (SSSR count). The van der Waals surface area contributed by atoms with Gasteiger partial charge in [0.2, 0.25) is 23.7 Å². The number of alkyl halides is 9. The number of amides is 2. The van der Waals surface area contributed by atoms with Crippen molar-refractivity contribution in [2.24, 2.45) is 22.7 Å². The van der Waals surface area contributed by atoms with Crippen molar-refractivity contribution in [2.45, 2.75) is 139 Å². The van der Waals surface area contributed by atoms with Gasteiger partial charge < -0.3 is 19.3 Å². The Morgan fingerprint density at radius 3 is 1.42 bits per heavy atom. The van der Waals surface area contributed by atoms with Gasteiger partial charge in [-0.15, -0.1) is 10.2 Å². The maximum atomic E-state index is 15.0. The molecular formula is C59H75ClF11N10O17S7Sc+. The van der Waals surface area contributed by atoms with Gasteiger partial charge in [0.15, 0.2) is 10.7 Å². The van der Waals surface area contributed by atoms with Crippen molar-refractivity contribution in [3.05, 3.63) is 130 Å². The first kappa shape index (κ1) is 96.0. The van der Waals surface area contributed by atoms with Crippen molar-refractivity contribution in [3.63, 3.8) is 0 Å². The molecule has 5 aliphatic rings. The molecule has 2 saturated carbocycles. The number of H-pyrrole nitrogens is 1. The maximum absolute atomic E-state index is 15.0. The maximum Gasteiger partial charge on any atom is 0.522 e. The van der Waals surface area contributed by atoms with Crippen LogP contribution < -0.4 is 28.7 Å². The Labute approximate surface area is 642 Å². The van der Waals surface area contributed by atoms with Crippen LogP contribution in [0.15, 0.2) is 101 Å². The van der Waals surface area contributed by atoms with Crippen LogP contribution in [0, 0.1) is 40.6 Å². The van der Waals surface area contributed by atoms with E-state index in [0.717, 1.165) is 30.4 Å². The average Bonchev–Trinajstić information content (AvgIpc) is 1.52. The third-order valence-corrected chi connectivity index (χ3v) is 20.4. The minimum absolute atomic E-state index is 0. The van der Waals surface area contributed by atoms with Crippen molar-refractivity contribution in [3.8, 4) is 17.6 Å². The first-order valence-electron chi connectivity index (χ1n) is 30.1. The number of carbonyl (C=O) groups is 2. The monoisotopic (exact) mass is 1710 g/mol. The second-order valence-electron chi connectivity index (χ2n) is 25.8. The summed E-state index contributed by atoms with van der Waals surface area (Å²) in [5.74, 6) is -0.611. The molecule has 2 atom stereocenters. The van der Waals surface area contributed by atoms with Crippen LogP contribution in [0.25, 0.3) is 5.82 Å². The Morgan fingerprint density at radius 1 is 0.632 bits per heavy atom. The van der Waals surface area contributed by atoms with E-state index < -0.39 is 90.6 Å². The van der Waals surface area contributed by atoms with Gasteiger partial charge in [0, 0.05) is 56.1 Å². The molecule has 4 aromatic heterocycles. The van der Waals surface area contributed by atoms with Gasteiger partial charge in [0.1, 0.15) is 28.9 Å². The smallest absolute Gasteiger partial charge is 0.477 e. The molecule has 2 saturated heterocycles. The summed E-state index contributed by atoms with van der Waals surface area (Å²) in [5.41, 5.74) is -16.2. The fourth-order valence-electron chi connectivity index (χ4n) is 9.94. The zero-order valence-electron chi connectivity index (χ0n) is 57.1. The number of aromatic amines is 1. The molecule has 0 bridgehead atoms. The van der Waals surface area contributed by atoms with Gasteiger partial charge in [0.25, 0.3) is 31.9 Å². The number of sulfonamides is 2. The molecule has 2 aliphatic heterocycles. The molecule has 1 aromatic carbocycles. The Balaban J connectivity index is 0.000000490. The zero-order chi connectivity index (χ0) is 78.1. The van der Waals surface area contributed by atoms with Gasteiger partial charge in [-0.1, -0.05) is 57.5 Å². The predicted molar refractivity (Wildman–Crippen MR) is 371 cm³/mol. The van der Waals surface area contributed by atoms with E-state index in [-0.39, 0.29) is 108 Å². The van der Waals surface area contributed by atoms with E-state index in [1.54, 1.807) is 18.2 Å². The van der Waals surface area contributed by atoms with Gasteiger partial charge >= 0.3 is 46.9 Å². The third-order valence-electron chi connectivity index (χ3n) is 15.7. The first-order chi connectivity index (χ1) is 46.9. The molecule has 0 unspecified atom stereocenters. The summed E-state index contributed by atoms with van der Waals surface area (Å²) in [5, 5.41) is 10.3. The van der Waals surface area contributed by atoms with Crippen LogP contribution in [-0.2, 0) is 76.2 Å². The number of halogens is 12. The third kappa shape index (κ3) is 28.4. The van der Waals surface area contributed by atoms with Crippen molar-refractivity contribution in [1.82, 2.24) is 39.4 Å². The van der Waals surface area contributed by atoms with Crippen molar-refractivity contribution in [1.29, 1.82) is 0 Å². The number of ether oxygens (including phenoxy) is 2. The van der Waals surface area contributed by atoms with Crippen LogP contribution >= 0.6 is 38.6 Å². The quantitative estimate of drug-likeness (QED) is 0.0166. The number of hydrogen-bond acceptors (Lipinski definition) is 20. The predicted octanol–water partition coefficient (Wildman–Crippen LogP) is 11.5. The number of allylic oxidation sites excluding steroid dienone is 5. The zero-order valence-corrected chi connectivity index (χ0v) is 65.8. The number of anilines is 2. The number of pyridine rings is 2. The van der Waals surface area contributed by atoms with Crippen molar-refractivity contribution < 1.29 is 149 Å². The standard InChI is InChI=1S/C28H34FN5O4S.C19H20ClN3O3S.C9H13FN2O.3CHF3O3S.2H2S.Sc/c1-19-17-27(2,3)33(18-19)25-21(26(35)32-39(36,37)20-8-6-5-7-9-20)10-11-23(30-25)34-22(29)16-24(31-34)38-15-14-28(4)12-13-28;1-13-11-19(2,3)23(12-13)17-15(9-10-16(20)21-17)18(24)22-27(25,26)14-7-5-4-6-8-14;1-9(2-3-9)4-5-13-8-6-7(10)11-12-8;3*2-1(3,4)8(5,6)7;;;/h5-11,16,19H,12-15,17-18H2,1-4H3,(H,32,35);5-10,13H,11-12H2,1-3H3;6H,2-5H2,1H3,(H,11,12);3*(H,5,6,7);2*1H2;/p+1/t19-;13-;;;;;;;/m00......./s1. The molecule has 1 radical (unpaired) electrons. The summed E-state index contributed by atoms with van der Waals surface area (Å²) in [4.78, 5) is 39.1. The number of carbonyl (C=O) groups excluding carboxylic acids is 2. The second-order valence-corrected chi connectivity index (χ2v) is 33.8. The Bertz CT molecular complexity index is 4450. The van der Waals surface area contributed by atoms with Crippen LogP contribution in [-0.4, -0.2) is 151 Å². The first-order valence-corrected chi connectivity index (χ1v) is 37.8. The van der Waals surface area contributed by atoms with E-state index in [0.29, 0.717) is 60.7 Å².